The second-order valence-corrected chi connectivity index (χ2v) is 5.63. The Morgan fingerprint density at radius 3 is 2.42 bits per heavy atom. The molecule has 1 atom stereocenters. The summed E-state index contributed by atoms with van der Waals surface area (Å²) in [6.07, 6.45) is 3.16. The molecule has 1 amide bonds. The third-order valence-corrected chi connectivity index (χ3v) is 3.90. The summed E-state index contributed by atoms with van der Waals surface area (Å²) in [5.41, 5.74) is 1.67. The Labute approximate surface area is 150 Å². The van der Waals surface area contributed by atoms with Crippen LogP contribution in [0.15, 0.2) is 65.7 Å². The van der Waals surface area contributed by atoms with E-state index in [0.29, 0.717) is 11.4 Å². The molecule has 3 aromatic rings. The maximum atomic E-state index is 12.4. The summed E-state index contributed by atoms with van der Waals surface area (Å²) >= 11 is 0. The number of hydrogen-bond donors (Lipinski definition) is 1. The van der Waals surface area contributed by atoms with Crippen LogP contribution in [0.25, 0.3) is 11.3 Å². The van der Waals surface area contributed by atoms with Crippen molar-refractivity contribution in [1.82, 2.24) is 14.8 Å². The van der Waals surface area contributed by atoms with Crippen LogP contribution in [0.5, 0.6) is 5.75 Å². The summed E-state index contributed by atoms with van der Waals surface area (Å²) in [7, 11) is 1.59. The van der Waals surface area contributed by atoms with Crippen LogP contribution in [0.2, 0.25) is 0 Å². The van der Waals surface area contributed by atoms with E-state index in [1.165, 1.54) is 10.7 Å². The number of methoxy groups -OCH3 is 1. The molecule has 0 radical (unpaired) electrons. The topological polar surface area (TPSA) is 86.1 Å². The molecule has 1 N–H and O–H groups in total. The van der Waals surface area contributed by atoms with E-state index in [1.54, 1.807) is 44.6 Å². The number of nitrogens with zero attached hydrogens (tertiary/aromatic N) is 3. The zero-order valence-electron chi connectivity index (χ0n) is 14.4. The Hall–Kier alpha value is -3.48. The number of carbonyl (C=O) groups is 1. The van der Waals surface area contributed by atoms with Gasteiger partial charge in [0, 0.05) is 29.7 Å². The number of amides is 1. The summed E-state index contributed by atoms with van der Waals surface area (Å²) in [5.74, 6) is 0.393. The summed E-state index contributed by atoms with van der Waals surface area (Å²) in [6, 6.07) is 12.9. The largest absolute Gasteiger partial charge is 0.497 e. The third-order valence-electron chi connectivity index (χ3n) is 3.90. The highest BCUT2D eigenvalue weighted by Crippen LogP contribution is 2.20. The first-order chi connectivity index (χ1) is 12.6. The molecule has 0 aliphatic heterocycles. The molecule has 3 rings (SSSR count). The van der Waals surface area contributed by atoms with Crippen LogP contribution in [0, 0.1) is 0 Å². The minimum absolute atomic E-state index is 0.335. The molecule has 7 heteroatoms. The maximum Gasteiger partial charge on any atom is 0.267 e. The molecule has 0 spiro atoms. The van der Waals surface area contributed by atoms with E-state index in [0.717, 1.165) is 11.3 Å². The Balaban J connectivity index is 1.86. The summed E-state index contributed by atoms with van der Waals surface area (Å²) in [5, 5.41) is 7.10. The average molecular weight is 350 g/mol. The van der Waals surface area contributed by atoms with Crippen molar-refractivity contribution in [2.45, 2.75) is 13.0 Å². The minimum atomic E-state index is -0.770. The Bertz CT molecular complexity index is 953. The number of aromatic nitrogens is 3. The van der Waals surface area contributed by atoms with Gasteiger partial charge < -0.3 is 10.1 Å². The lowest BCUT2D eigenvalue weighted by Gasteiger charge is -2.15. The van der Waals surface area contributed by atoms with Crippen molar-refractivity contribution in [3.63, 3.8) is 0 Å². The molecule has 26 heavy (non-hydrogen) atoms. The van der Waals surface area contributed by atoms with E-state index in [2.05, 4.69) is 15.4 Å². The zero-order valence-corrected chi connectivity index (χ0v) is 14.4. The van der Waals surface area contributed by atoms with Gasteiger partial charge in [0.1, 0.15) is 11.8 Å². The average Bonchev–Trinajstić information content (AvgIpc) is 2.68. The van der Waals surface area contributed by atoms with E-state index < -0.39 is 6.04 Å². The predicted molar refractivity (Wildman–Crippen MR) is 98.1 cm³/mol. The zero-order chi connectivity index (χ0) is 18.5. The molecule has 0 aliphatic carbocycles. The van der Waals surface area contributed by atoms with E-state index in [1.807, 2.05) is 24.3 Å². The van der Waals surface area contributed by atoms with Gasteiger partial charge in [-0.3, -0.25) is 14.6 Å². The van der Waals surface area contributed by atoms with Gasteiger partial charge in [0.15, 0.2) is 0 Å². The number of rotatable bonds is 5. The Morgan fingerprint density at radius 2 is 1.77 bits per heavy atom. The number of pyridine rings is 1. The normalized spacial score (nSPS) is 11.6. The monoisotopic (exact) mass is 350 g/mol. The fraction of sp³-hybridized carbons (Fsp3) is 0.158. The van der Waals surface area contributed by atoms with Gasteiger partial charge in [0.2, 0.25) is 5.91 Å². The smallest absolute Gasteiger partial charge is 0.267 e. The van der Waals surface area contributed by atoms with Crippen molar-refractivity contribution in [3.8, 4) is 17.0 Å². The van der Waals surface area contributed by atoms with Gasteiger partial charge in [0.05, 0.1) is 12.8 Å². The second kappa shape index (κ2) is 7.60. The van der Waals surface area contributed by atoms with E-state index in [4.69, 9.17) is 4.74 Å². The number of hydrogen-bond acceptors (Lipinski definition) is 5. The van der Waals surface area contributed by atoms with E-state index in [9.17, 15) is 9.59 Å². The third kappa shape index (κ3) is 3.77. The molecule has 0 saturated carbocycles. The van der Waals surface area contributed by atoms with Gasteiger partial charge in [-0.1, -0.05) is 0 Å². The number of carbonyl (C=O) groups excluding carboxylic acids is 1. The second-order valence-electron chi connectivity index (χ2n) is 5.63. The molecule has 1 unspecified atom stereocenters. The highest BCUT2D eigenvalue weighted by Gasteiger charge is 2.18. The molecule has 0 bridgehead atoms. The molecular weight excluding hydrogens is 332 g/mol. The molecule has 0 aliphatic rings. The highest BCUT2D eigenvalue weighted by molar-refractivity contribution is 5.93. The SMILES string of the molecule is COc1ccc(-c2ccc(=O)n(C(C)C(=O)Nc3ccncc3)n2)cc1. The summed E-state index contributed by atoms with van der Waals surface area (Å²) in [6.45, 7) is 1.63. The van der Waals surface area contributed by atoms with Gasteiger partial charge >= 0.3 is 0 Å². The van der Waals surface area contributed by atoms with Gasteiger partial charge in [-0.15, -0.1) is 0 Å². The number of ether oxygens (including phenoxy) is 1. The molecule has 132 valence electrons. The van der Waals surface area contributed by atoms with Crippen LogP contribution in [0.3, 0.4) is 0 Å². The van der Waals surface area contributed by atoms with Crippen molar-refractivity contribution >= 4 is 11.6 Å². The van der Waals surface area contributed by atoms with Gasteiger partial charge in [-0.25, -0.2) is 4.68 Å². The van der Waals surface area contributed by atoms with Crippen LogP contribution in [0.1, 0.15) is 13.0 Å². The molecule has 1 aromatic carbocycles. The fourth-order valence-electron chi connectivity index (χ4n) is 2.41. The Morgan fingerprint density at radius 1 is 1.08 bits per heavy atom. The summed E-state index contributed by atoms with van der Waals surface area (Å²) < 4.78 is 6.32. The first-order valence-electron chi connectivity index (χ1n) is 8.03. The van der Waals surface area contributed by atoms with Crippen LogP contribution < -0.4 is 15.6 Å². The van der Waals surface area contributed by atoms with Crippen molar-refractivity contribution < 1.29 is 9.53 Å². The van der Waals surface area contributed by atoms with Gasteiger partial charge in [-0.2, -0.15) is 5.10 Å². The maximum absolute atomic E-state index is 12.4. The lowest BCUT2D eigenvalue weighted by molar-refractivity contribution is -0.119. The van der Waals surface area contributed by atoms with Crippen molar-refractivity contribution in [2.24, 2.45) is 0 Å². The molecular formula is C19H18N4O3. The first kappa shape index (κ1) is 17.3. The minimum Gasteiger partial charge on any atom is -0.497 e. The quantitative estimate of drug-likeness (QED) is 0.764. The molecule has 0 fully saturated rings. The molecule has 2 heterocycles. The number of anilines is 1. The van der Waals surface area contributed by atoms with Crippen LogP contribution in [0.4, 0.5) is 5.69 Å². The lowest BCUT2D eigenvalue weighted by atomic mass is 10.1. The van der Waals surface area contributed by atoms with Crippen LogP contribution in [-0.2, 0) is 4.79 Å². The number of nitrogens with one attached hydrogen (secondary N) is 1. The van der Waals surface area contributed by atoms with Crippen molar-refractivity contribution in [1.29, 1.82) is 0 Å². The van der Waals surface area contributed by atoms with E-state index >= 15 is 0 Å². The predicted octanol–water partition coefficient (Wildman–Crippen LogP) is 2.51. The van der Waals surface area contributed by atoms with Crippen LogP contribution >= 0.6 is 0 Å². The van der Waals surface area contributed by atoms with Gasteiger partial charge in [0.25, 0.3) is 5.56 Å². The Kier molecular flexibility index (Phi) is 5.07. The van der Waals surface area contributed by atoms with E-state index in [-0.39, 0.29) is 11.5 Å². The molecule has 2 aromatic heterocycles. The summed E-state index contributed by atoms with van der Waals surface area (Å²) in [4.78, 5) is 28.5. The molecule has 0 saturated heterocycles. The standard InChI is InChI=1S/C19H18N4O3/c1-13(19(25)21-15-9-11-20-12-10-15)23-18(24)8-7-17(22-23)14-3-5-16(26-2)6-4-14/h3-13H,1-2H3,(H,20,21,25). The fourth-order valence-corrected chi connectivity index (χ4v) is 2.41. The van der Waals surface area contributed by atoms with Gasteiger partial charge in [-0.05, 0) is 49.4 Å². The number of benzene rings is 1. The van der Waals surface area contributed by atoms with Crippen LogP contribution in [-0.4, -0.2) is 27.8 Å². The lowest BCUT2D eigenvalue weighted by Crippen LogP contribution is -2.33. The first-order valence-corrected chi connectivity index (χ1v) is 8.03. The van der Waals surface area contributed by atoms with Crippen molar-refractivity contribution in [2.75, 3.05) is 12.4 Å². The highest BCUT2D eigenvalue weighted by atomic mass is 16.5. The van der Waals surface area contributed by atoms with Crippen molar-refractivity contribution in [3.05, 3.63) is 71.3 Å². The molecule has 7 nitrogen and oxygen atoms in total.